The first-order valence-corrected chi connectivity index (χ1v) is 23.8. The zero-order chi connectivity index (χ0) is 39.1. The van der Waals surface area contributed by atoms with Gasteiger partial charge in [0.25, 0.3) is 0 Å². The molecule has 0 unspecified atom stereocenters. The van der Waals surface area contributed by atoms with E-state index >= 15 is 0 Å². The molecule has 10 nitrogen and oxygen atoms in total. The van der Waals surface area contributed by atoms with Crippen LogP contribution in [-0.2, 0) is 43.6 Å². The molecule has 0 spiro atoms. The molecule has 1 amide bonds. The van der Waals surface area contributed by atoms with Gasteiger partial charge < -0.3 is 4.90 Å². The fraction of sp³-hybridized carbons (Fsp3) is 0.878. The summed E-state index contributed by atoms with van der Waals surface area (Å²) >= 11 is 0. The minimum Gasteiger partial charge on any atom is -0.332 e. The molecule has 0 aromatic heterocycles. The Kier molecular flexibility index (Phi) is 12.7. The summed E-state index contributed by atoms with van der Waals surface area (Å²) < 4.78 is 53.7. The fourth-order valence-corrected chi connectivity index (χ4v) is 13.9. The van der Waals surface area contributed by atoms with Crippen LogP contribution in [0, 0.1) is 40.4 Å². The van der Waals surface area contributed by atoms with E-state index in [1.165, 1.54) is 4.90 Å². The highest BCUT2D eigenvalue weighted by atomic mass is 32.2. The van der Waals surface area contributed by atoms with Gasteiger partial charge in [0, 0.05) is 38.1 Å². The molecule has 300 valence electrons. The average Bonchev–Trinajstić information content (AvgIpc) is 3.92. The lowest BCUT2D eigenvalue weighted by Crippen LogP contribution is -2.50. The molecule has 0 bridgehead atoms. The Labute approximate surface area is 318 Å². The maximum atomic E-state index is 14.7. The second-order valence-corrected chi connectivity index (χ2v) is 24.5. The Balaban J connectivity index is 1.43. The van der Waals surface area contributed by atoms with Crippen LogP contribution in [0.2, 0.25) is 0 Å². The van der Waals surface area contributed by atoms with Crippen molar-refractivity contribution in [3.8, 4) is 0 Å². The Morgan fingerprint density at radius 1 is 0.887 bits per heavy atom. The van der Waals surface area contributed by atoms with Crippen molar-refractivity contribution in [2.75, 3.05) is 18.1 Å². The fourth-order valence-electron chi connectivity index (χ4n) is 10.2. The molecule has 2 saturated heterocycles. The Bertz CT molecular complexity index is 1650. The SMILES string of the molecule is C[C@H](C1(CC(=O)C[C@H]2CS(=O)(=O)CCCCCCC[C@@H](C(=O)C(=O)CC3CC3)CC(=O)[C@@H]3[C@@H]4[C@H](CN3C2=O)C4(C)C)CCCCC1)S(=O)(=O)C(C)(C)C. The van der Waals surface area contributed by atoms with Gasteiger partial charge in [-0.1, -0.05) is 58.8 Å². The number of fused-ring (bicyclic) bond motifs is 3. The predicted molar refractivity (Wildman–Crippen MR) is 204 cm³/mol. The number of sulfone groups is 2. The van der Waals surface area contributed by atoms with Gasteiger partial charge >= 0.3 is 0 Å². The summed E-state index contributed by atoms with van der Waals surface area (Å²) in [6.45, 7) is 11.1. The molecule has 0 radical (unpaired) electrons. The highest BCUT2D eigenvalue weighted by molar-refractivity contribution is 7.93. The van der Waals surface area contributed by atoms with Crippen LogP contribution in [0.3, 0.4) is 0 Å². The molecule has 6 atom stereocenters. The zero-order valence-corrected chi connectivity index (χ0v) is 34.8. The molecular formula is C41H65NO9S2. The van der Waals surface area contributed by atoms with Crippen LogP contribution in [0.25, 0.3) is 0 Å². The van der Waals surface area contributed by atoms with E-state index in [9.17, 15) is 40.8 Å². The monoisotopic (exact) mass is 779 g/mol. The number of piperidine rings is 1. The van der Waals surface area contributed by atoms with E-state index in [1.54, 1.807) is 27.7 Å². The number of Topliss-reactive ketones (excluding diaryl/α,β-unsaturated/α-hetero) is 4. The number of hydrogen-bond donors (Lipinski definition) is 0. The minimum absolute atomic E-state index is 0.0232. The minimum atomic E-state index is -3.75. The first-order valence-electron chi connectivity index (χ1n) is 20.5. The van der Waals surface area contributed by atoms with E-state index in [0.29, 0.717) is 38.5 Å². The number of carbonyl (C=O) groups excluding carboxylic acids is 5. The molecule has 0 aromatic carbocycles. The molecule has 2 heterocycles. The molecule has 53 heavy (non-hydrogen) atoms. The van der Waals surface area contributed by atoms with Gasteiger partial charge in [0.1, 0.15) is 5.78 Å². The molecule has 3 saturated carbocycles. The van der Waals surface area contributed by atoms with Gasteiger partial charge in [-0.3, -0.25) is 24.0 Å². The van der Waals surface area contributed by atoms with E-state index in [2.05, 4.69) is 13.8 Å². The van der Waals surface area contributed by atoms with Gasteiger partial charge in [-0.2, -0.15) is 0 Å². The topological polar surface area (TPSA) is 157 Å². The number of amides is 1. The maximum Gasteiger partial charge on any atom is 0.227 e. The van der Waals surface area contributed by atoms with Crippen LogP contribution in [-0.4, -0.2) is 84.9 Å². The van der Waals surface area contributed by atoms with Gasteiger partial charge in [0.15, 0.2) is 31.2 Å². The average molecular weight is 780 g/mol. The highest BCUT2D eigenvalue weighted by Crippen LogP contribution is 2.65. The molecule has 5 rings (SSSR count). The van der Waals surface area contributed by atoms with Crippen LogP contribution in [0.15, 0.2) is 0 Å². The van der Waals surface area contributed by atoms with Gasteiger partial charge in [-0.15, -0.1) is 0 Å². The number of nitrogens with zero attached hydrogens (tertiary/aromatic N) is 1. The van der Waals surface area contributed by atoms with Crippen molar-refractivity contribution in [2.24, 2.45) is 40.4 Å². The van der Waals surface area contributed by atoms with Crippen LogP contribution >= 0.6 is 0 Å². The third-order valence-corrected chi connectivity index (χ3v) is 18.9. The summed E-state index contributed by atoms with van der Waals surface area (Å²) in [5.74, 6) is -4.46. The molecule has 3 aliphatic carbocycles. The van der Waals surface area contributed by atoms with Crippen molar-refractivity contribution in [1.82, 2.24) is 4.90 Å². The van der Waals surface area contributed by atoms with Crippen LogP contribution < -0.4 is 0 Å². The van der Waals surface area contributed by atoms with Crippen LogP contribution in [0.5, 0.6) is 0 Å². The zero-order valence-electron chi connectivity index (χ0n) is 33.1. The lowest BCUT2D eigenvalue weighted by atomic mass is 9.68. The van der Waals surface area contributed by atoms with E-state index in [4.69, 9.17) is 0 Å². The van der Waals surface area contributed by atoms with E-state index < -0.39 is 76.2 Å². The van der Waals surface area contributed by atoms with E-state index in [1.807, 2.05) is 0 Å². The first kappa shape index (κ1) is 42.2. The molecule has 5 fully saturated rings. The molecular weight excluding hydrogens is 715 g/mol. The van der Waals surface area contributed by atoms with Gasteiger partial charge in [0.05, 0.1) is 33.5 Å². The number of ketones is 4. The van der Waals surface area contributed by atoms with Crippen molar-refractivity contribution < 1.29 is 40.8 Å². The van der Waals surface area contributed by atoms with Crippen molar-refractivity contribution in [3.05, 3.63) is 0 Å². The summed E-state index contributed by atoms with van der Waals surface area (Å²) in [5, 5.41) is -0.794. The second-order valence-electron chi connectivity index (χ2n) is 19.2. The van der Waals surface area contributed by atoms with E-state index in [0.717, 1.165) is 44.9 Å². The normalized spacial score (nSPS) is 31.6. The largest absolute Gasteiger partial charge is 0.332 e. The lowest BCUT2D eigenvalue weighted by molar-refractivity contribution is -0.145. The Morgan fingerprint density at radius 2 is 1.49 bits per heavy atom. The van der Waals surface area contributed by atoms with Gasteiger partial charge in [-0.05, 0) is 94.8 Å². The summed E-state index contributed by atoms with van der Waals surface area (Å²) in [5.41, 5.74) is -1.03. The van der Waals surface area contributed by atoms with Crippen molar-refractivity contribution in [1.29, 1.82) is 0 Å². The second kappa shape index (κ2) is 15.9. The maximum absolute atomic E-state index is 14.7. The smallest absolute Gasteiger partial charge is 0.227 e. The lowest BCUT2D eigenvalue weighted by Gasteiger charge is -2.44. The van der Waals surface area contributed by atoms with Gasteiger partial charge in [0.2, 0.25) is 11.7 Å². The van der Waals surface area contributed by atoms with Crippen molar-refractivity contribution >= 4 is 48.7 Å². The Morgan fingerprint density at radius 3 is 2.11 bits per heavy atom. The van der Waals surface area contributed by atoms with Crippen LogP contribution in [0.1, 0.15) is 151 Å². The molecule has 0 N–H and O–H groups in total. The van der Waals surface area contributed by atoms with Crippen LogP contribution in [0.4, 0.5) is 0 Å². The molecule has 5 aliphatic rings. The van der Waals surface area contributed by atoms with Gasteiger partial charge in [-0.25, -0.2) is 16.8 Å². The number of rotatable bonds is 10. The molecule has 2 aliphatic heterocycles. The third-order valence-electron chi connectivity index (χ3n) is 14.0. The summed E-state index contributed by atoms with van der Waals surface area (Å²) in [6.07, 6.45) is 8.85. The quantitative estimate of drug-likeness (QED) is 0.233. The number of carbonyl (C=O) groups is 5. The standard InChI is InChI=1S/C41H65NO9S2/c1-27(53(50,51)39(2,3)4)41(18-12-10-13-19-41)24-31(43)22-30-26-52(48,49)20-14-9-7-8-11-15-29(37(46)34(45)21-28-16-17-28)23-33(44)36-35-32(40(35,5)6)25-42(36)38(30)47/h27-30,32,35-36H,7-26H2,1-6H3/t27-,29-,30+,32+,35+,36-/m1/s1. The summed E-state index contributed by atoms with van der Waals surface area (Å²) in [6, 6.07) is -0.855. The first-order chi connectivity index (χ1) is 24.6. The Hall–Kier alpha value is -1.95. The molecule has 12 heteroatoms. The predicted octanol–water partition coefficient (Wildman–Crippen LogP) is 6.27. The highest BCUT2D eigenvalue weighted by Gasteiger charge is 2.69. The molecule has 0 aromatic rings. The van der Waals surface area contributed by atoms with E-state index in [-0.39, 0.29) is 72.7 Å². The third kappa shape index (κ3) is 9.37. The van der Waals surface area contributed by atoms with Crippen molar-refractivity contribution in [2.45, 2.75) is 167 Å². The number of hydrogen-bond acceptors (Lipinski definition) is 9. The van der Waals surface area contributed by atoms with Crippen molar-refractivity contribution in [3.63, 3.8) is 0 Å². The summed E-state index contributed by atoms with van der Waals surface area (Å²) in [4.78, 5) is 71.2. The summed E-state index contributed by atoms with van der Waals surface area (Å²) in [7, 11) is -7.38.